The Labute approximate surface area is 79.3 Å². The maximum atomic E-state index is 11.7. The van der Waals surface area contributed by atoms with E-state index in [4.69, 9.17) is 5.73 Å². The summed E-state index contributed by atoms with van der Waals surface area (Å²) in [5, 5.41) is 0. The first-order valence-corrected chi connectivity index (χ1v) is 5.29. The Morgan fingerprint density at radius 3 is 2.62 bits per heavy atom. The fourth-order valence-corrected chi connectivity index (χ4v) is 2.09. The van der Waals surface area contributed by atoms with Crippen molar-refractivity contribution in [3.05, 3.63) is 0 Å². The Kier molecular flexibility index (Phi) is 2.54. The maximum Gasteiger partial charge on any atom is 0.222 e. The van der Waals surface area contributed by atoms with Crippen LogP contribution in [-0.2, 0) is 4.79 Å². The van der Waals surface area contributed by atoms with Crippen molar-refractivity contribution in [2.45, 2.75) is 38.1 Å². The van der Waals surface area contributed by atoms with Gasteiger partial charge in [0.15, 0.2) is 0 Å². The van der Waals surface area contributed by atoms with Gasteiger partial charge in [-0.25, -0.2) is 0 Å². The van der Waals surface area contributed by atoms with Gasteiger partial charge in [-0.2, -0.15) is 0 Å². The van der Waals surface area contributed by atoms with Gasteiger partial charge in [0.2, 0.25) is 5.91 Å². The molecule has 1 atom stereocenters. The molecule has 2 aliphatic rings. The maximum absolute atomic E-state index is 11.7. The smallest absolute Gasteiger partial charge is 0.222 e. The van der Waals surface area contributed by atoms with Crippen LogP contribution in [0.5, 0.6) is 0 Å². The molecule has 13 heavy (non-hydrogen) atoms. The van der Waals surface area contributed by atoms with Crippen LogP contribution in [0.1, 0.15) is 32.1 Å². The van der Waals surface area contributed by atoms with Crippen molar-refractivity contribution in [3.63, 3.8) is 0 Å². The van der Waals surface area contributed by atoms with Crippen LogP contribution in [0, 0.1) is 5.92 Å². The highest BCUT2D eigenvalue weighted by atomic mass is 16.2. The van der Waals surface area contributed by atoms with E-state index in [-0.39, 0.29) is 6.04 Å². The lowest BCUT2D eigenvalue weighted by molar-refractivity contribution is -0.131. The summed E-state index contributed by atoms with van der Waals surface area (Å²) < 4.78 is 0. The molecular formula is C10H18N2O. The molecule has 0 radical (unpaired) electrons. The highest BCUT2D eigenvalue weighted by molar-refractivity contribution is 5.76. The average molecular weight is 182 g/mol. The quantitative estimate of drug-likeness (QED) is 0.684. The molecule has 1 aliphatic heterocycles. The average Bonchev–Trinajstić information content (AvgIpc) is 2.44. The number of hydrogen-bond donors (Lipinski definition) is 1. The summed E-state index contributed by atoms with van der Waals surface area (Å²) >= 11 is 0. The number of nitrogens with zero attached hydrogens (tertiary/aromatic N) is 1. The van der Waals surface area contributed by atoms with E-state index in [9.17, 15) is 4.79 Å². The molecule has 2 N–H and O–H groups in total. The minimum Gasteiger partial charge on any atom is -0.341 e. The first kappa shape index (κ1) is 9.00. The van der Waals surface area contributed by atoms with Crippen LogP contribution in [0.4, 0.5) is 0 Å². The molecule has 3 nitrogen and oxygen atoms in total. The number of hydrogen-bond acceptors (Lipinski definition) is 2. The lowest BCUT2D eigenvalue weighted by atomic mass is 9.83. The fourth-order valence-electron chi connectivity index (χ4n) is 2.09. The summed E-state index contributed by atoms with van der Waals surface area (Å²) in [4.78, 5) is 13.6. The van der Waals surface area contributed by atoms with Gasteiger partial charge >= 0.3 is 0 Å². The molecule has 1 saturated carbocycles. The molecule has 0 aromatic carbocycles. The molecule has 1 heterocycles. The minimum absolute atomic E-state index is 0.227. The van der Waals surface area contributed by atoms with Gasteiger partial charge in [-0.15, -0.1) is 0 Å². The van der Waals surface area contributed by atoms with Crippen molar-refractivity contribution in [2.24, 2.45) is 11.7 Å². The molecule has 0 bridgehead atoms. The van der Waals surface area contributed by atoms with E-state index >= 15 is 0 Å². The van der Waals surface area contributed by atoms with Crippen LogP contribution in [0.25, 0.3) is 0 Å². The first-order valence-electron chi connectivity index (χ1n) is 5.29. The van der Waals surface area contributed by atoms with E-state index in [1.54, 1.807) is 0 Å². The van der Waals surface area contributed by atoms with E-state index in [0.717, 1.165) is 25.9 Å². The van der Waals surface area contributed by atoms with Gasteiger partial charge in [0.1, 0.15) is 0 Å². The predicted molar refractivity (Wildman–Crippen MR) is 51.1 cm³/mol. The lowest BCUT2D eigenvalue weighted by Crippen LogP contribution is -2.33. The zero-order chi connectivity index (χ0) is 9.26. The Balaban J connectivity index is 1.76. The van der Waals surface area contributed by atoms with Crippen molar-refractivity contribution < 1.29 is 4.79 Å². The third-order valence-electron chi connectivity index (χ3n) is 3.27. The van der Waals surface area contributed by atoms with Gasteiger partial charge in [0.05, 0.1) is 0 Å². The zero-order valence-corrected chi connectivity index (χ0v) is 8.04. The van der Waals surface area contributed by atoms with Crippen LogP contribution in [0.3, 0.4) is 0 Å². The summed E-state index contributed by atoms with van der Waals surface area (Å²) in [5.41, 5.74) is 5.75. The molecule has 0 unspecified atom stereocenters. The standard InChI is InChI=1S/C10H18N2O/c11-9-4-5-12(7-9)10(13)6-8-2-1-3-8/h8-9H,1-7,11H2/t9-/m0/s1. The largest absolute Gasteiger partial charge is 0.341 e. The molecule has 74 valence electrons. The Hall–Kier alpha value is -0.570. The van der Waals surface area contributed by atoms with Gasteiger partial charge in [-0.1, -0.05) is 6.42 Å². The second-order valence-electron chi connectivity index (χ2n) is 4.39. The first-order chi connectivity index (χ1) is 6.25. The molecule has 0 aromatic heterocycles. The van der Waals surface area contributed by atoms with E-state index < -0.39 is 0 Å². The minimum atomic E-state index is 0.227. The predicted octanol–water partition coefficient (Wildman–Crippen LogP) is 0.736. The molecule has 1 amide bonds. The van der Waals surface area contributed by atoms with Crippen molar-refractivity contribution in [2.75, 3.05) is 13.1 Å². The second-order valence-corrected chi connectivity index (χ2v) is 4.39. The van der Waals surface area contributed by atoms with E-state index in [2.05, 4.69) is 0 Å². The topological polar surface area (TPSA) is 46.3 Å². The Morgan fingerprint density at radius 2 is 2.15 bits per heavy atom. The molecule has 0 spiro atoms. The van der Waals surface area contributed by atoms with E-state index in [0.29, 0.717) is 11.8 Å². The third kappa shape index (κ3) is 2.02. The molecule has 2 fully saturated rings. The van der Waals surface area contributed by atoms with Crippen molar-refractivity contribution >= 4 is 5.91 Å². The summed E-state index contributed by atoms with van der Waals surface area (Å²) in [6, 6.07) is 0.227. The summed E-state index contributed by atoms with van der Waals surface area (Å²) in [5.74, 6) is 1.02. The number of rotatable bonds is 2. The van der Waals surface area contributed by atoms with E-state index in [1.807, 2.05) is 4.90 Å². The van der Waals surface area contributed by atoms with Crippen LogP contribution in [0.15, 0.2) is 0 Å². The highest BCUT2D eigenvalue weighted by Gasteiger charge is 2.27. The number of carbonyl (C=O) groups is 1. The fraction of sp³-hybridized carbons (Fsp3) is 0.900. The molecule has 3 heteroatoms. The molecule has 1 aliphatic carbocycles. The SMILES string of the molecule is N[C@H]1CCN(C(=O)CC2CCC2)C1. The summed E-state index contributed by atoms with van der Waals surface area (Å²) in [6.45, 7) is 1.66. The van der Waals surface area contributed by atoms with Gasteiger partial charge in [0.25, 0.3) is 0 Å². The number of likely N-dealkylation sites (tertiary alicyclic amines) is 1. The highest BCUT2D eigenvalue weighted by Crippen LogP contribution is 2.30. The van der Waals surface area contributed by atoms with Crippen LogP contribution in [-0.4, -0.2) is 29.9 Å². The lowest BCUT2D eigenvalue weighted by Gasteiger charge is -2.26. The number of carbonyl (C=O) groups excluding carboxylic acids is 1. The van der Waals surface area contributed by atoms with Crippen molar-refractivity contribution in [1.29, 1.82) is 0 Å². The summed E-state index contributed by atoms with van der Waals surface area (Å²) in [7, 11) is 0. The van der Waals surface area contributed by atoms with Crippen LogP contribution in [0.2, 0.25) is 0 Å². The summed E-state index contributed by atoms with van der Waals surface area (Å²) in [6.07, 6.45) is 5.58. The number of nitrogens with two attached hydrogens (primary N) is 1. The van der Waals surface area contributed by atoms with Gasteiger partial charge in [0, 0.05) is 25.6 Å². The van der Waals surface area contributed by atoms with Crippen LogP contribution >= 0.6 is 0 Å². The second kappa shape index (κ2) is 3.66. The molecule has 1 saturated heterocycles. The Morgan fingerprint density at radius 1 is 1.38 bits per heavy atom. The zero-order valence-electron chi connectivity index (χ0n) is 8.04. The van der Waals surface area contributed by atoms with Crippen LogP contribution < -0.4 is 5.73 Å². The van der Waals surface area contributed by atoms with Crippen molar-refractivity contribution in [1.82, 2.24) is 4.90 Å². The Bertz CT molecular complexity index is 201. The molecule has 2 rings (SSSR count). The van der Waals surface area contributed by atoms with Gasteiger partial charge in [-0.3, -0.25) is 4.79 Å². The molecule has 0 aromatic rings. The van der Waals surface area contributed by atoms with Gasteiger partial charge in [-0.05, 0) is 25.2 Å². The molecular weight excluding hydrogens is 164 g/mol. The normalized spacial score (nSPS) is 29.0. The van der Waals surface area contributed by atoms with Crippen molar-refractivity contribution in [3.8, 4) is 0 Å². The van der Waals surface area contributed by atoms with E-state index in [1.165, 1.54) is 19.3 Å². The van der Waals surface area contributed by atoms with Gasteiger partial charge < -0.3 is 10.6 Å². The third-order valence-corrected chi connectivity index (χ3v) is 3.27. The monoisotopic (exact) mass is 182 g/mol. The number of amides is 1.